The summed E-state index contributed by atoms with van der Waals surface area (Å²) in [5.41, 5.74) is 2.11. The largest absolute Gasteiger partial charge is 0.497 e. The number of thiocarbonyl (C=S) groups is 1. The fourth-order valence-corrected chi connectivity index (χ4v) is 3.36. The van der Waals surface area contributed by atoms with Gasteiger partial charge >= 0.3 is 6.03 Å². The van der Waals surface area contributed by atoms with Crippen molar-refractivity contribution in [3.05, 3.63) is 29.8 Å². The average molecular weight is 407 g/mol. The molecule has 152 valence electrons. The van der Waals surface area contributed by atoms with Gasteiger partial charge in [0.1, 0.15) is 11.3 Å². The summed E-state index contributed by atoms with van der Waals surface area (Å²) >= 11 is 5.24. The standard InChI is InChI=1S/C18H25N5O4S/c1-18(13-4-3-5-14(12-13)26-2)15(24)23(17(25)20-18)21-16(28)19-6-7-22-8-10-27-11-9-22/h3-5,12H,6-11H2,1-2H3,(H,20,25)(H2,19,21,28)/t18-/m1/s1. The molecule has 2 saturated heterocycles. The Hall–Kier alpha value is -2.43. The van der Waals surface area contributed by atoms with Gasteiger partial charge in [-0.3, -0.25) is 15.1 Å². The van der Waals surface area contributed by atoms with Gasteiger partial charge in [0.25, 0.3) is 5.91 Å². The maximum Gasteiger partial charge on any atom is 0.344 e. The highest BCUT2D eigenvalue weighted by Crippen LogP contribution is 2.30. The second kappa shape index (κ2) is 8.72. The molecule has 0 aliphatic carbocycles. The van der Waals surface area contributed by atoms with Gasteiger partial charge in [0.2, 0.25) is 0 Å². The maximum absolute atomic E-state index is 12.9. The summed E-state index contributed by atoms with van der Waals surface area (Å²) in [5, 5.41) is 6.87. The topological polar surface area (TPSA) is 95.2 Å². The second-order valence-corrected chi connectivity index (χ2v) is 7.16. The molecule has 1 aromatic carbocycles. The Bertz CT molecular complexity index is 755. The molecule has 10 heteroatoms. The number of hydrogen-bond donors (Lipinski definition) is 3. The van der Waals surface area contributed by atoms with Crippen molar-refractivity contribution in [2.45, 2.75) is 12.5 Å². The third kappa shape index (κ3) is 4.34. The lowest BCUT2D eigenvalue weighted by Crippen LogP contribution is -2.52. The molecule has 3 rings (SSSR count). The number of benzene rings is 1. The van der Waals surface area contributed by atoms with Crippen LogP contribution in [0.1, 0.15) is 12.5 Å². The maximum atomic E-state index is 12.9. The van der Waals surface area contributed by atoms with Crippen molar-refractivity contribution in [3.63, 3.8) is 0 Å². The van der Waals surface area contributed by atoms with E-state index >= 15 is 0 Å². The van der Waals surface area contributed by atoms with Gasteiger partial charge in [0.05, 0.1) is 20.3 Å². The molecule has 0 saturated carbocycles. The van der Waals surface area contributed by atoms with Gasteiger partial charge in [-0.15, -0.1) is 0 Å². The normalized spacial score (nSPS) is 22.7. The number of urea groups is 1. The van der Waals surface area contributed by atoms with E-state index in [9.17, 15) is 9.59 Å². The van der Waals surface area contributed by atoms with E-state index < -0.39 is 17.5 Å². The number of nitrogens with one attached hydrogen (secondary N) is 3. The zero-order valence-electron chi connectivity index (χ0n) is 16.0. The highest BCUT2D eigenvalue weighted by Gasteiger charge is 2.49. The monoisotopic (exact) mass is 407 g/mol. The number of amides is 3. The zero-order chi connectivity index (χ0) is 20.1. The minimum Gasteiger partial charge on any atom is -0.497 e. The quantitative estimate of drug-likeness (QED) is 0.454. The summed E-state index contributed by atoms with van der Waals surface area (Å²) < 4.78 is 10.5. The van der Waals surface area contributed by atoms with Gasteiger partial charge in [0.15, 0.2) is 5.11 Å². The molecule has 2 heterocycles. The number of methoxy groups -OCH3 is 1. The lowest BCUT2D eigenvalue weighted by molar-refractivity contribution is -0.132. The van der Waals surface area contributed by atoms with Crippen LogP contribution in [0.4, 0.5) is 4.79 Å². The van der Waals surface area contributed by atoms with Crippen molar-refractivity contribution in [1.29, 1.82) is 0 Å². The van der Waals surface area contributed by atoms with Crippen molar-refractivity contribution in [2.24, 2.45) is 0 Å². The number of nitrogens with zero attached hydrogens (tertiary/aromatic N) is 2. The van der Waals surface area contributed by atoms with E-state index in [1.165, 1.54) is 0 Å². The third-order valence-corrected chi connectivity index (χ3v) is 5.10. The molecule has 0 aromatic heterocycles. The van der Waals surface area contributed by atoms with Crippen LogP contribution in [-0.2, 0) is 15.1 Å². The van der Waals surface area contributed by atoms with E-state index in [1.54, 1.807) is 38.3 Å². The van der Waals surface area contributed by atoms with E-state index in [0.29, 0.717) is 17.9 Å². The van der Waals surface area contributed by atoms with Crippen LogP contribution < -0.4 is 20.8 Å². The number of hydrazine groups is 1. The van der Waals surface area contributed by atoms with Crippen molar-refractivity contribution < 1.29 is 19.1 Å². The summed E-state index contributed by atoms with van der Waals surface area (Å²) in [6.07, 6.45) is 0. The summed E-state index contributed by atoms with van der Waals surface area (Å²) in [4.78, 5) is 27.6. The molecule has 2 fully saturated rings. The molecule has 28 heavy (non-hydrogen) atoms. The smallest absolute Gasteiger partial charge is 0.344 e. The van der Waals surface area contributed by atoms with Crippen LogP contribution in [0.3, 0.4) is 0 Å². The number of carbonyl (C=O) groups excluding carboxylic acids is 2. The molecular formula is C18H25N5O4S. The van der Waals surface area contributed by atoms with Crippen LogP contribution in [0.5, 0.6) is 5.75 Å². The van der Waals surface area contributed by atoms with Crippen LogP contribution >= 0.6 is 12.2 Å². The SMILES string of the molecule is COc1cccc([C@@]2(C)NC(=O)N(NC(=S)NCCN3CCOCC3)C2=O)c1. The average Bonchev–Trinajstić information content (AvgIpc) is 2.93. The first kappa shape index (κ1) is 20.3. The van der Waals surface area contributed by atoms with Crippen molar-refractivity contribution in [1.82, 2.24) is 26.0 Å². The molecule has 3 amide bonds. The Labute approximate surface area is 169 Å². The van der Waals surface area contributed by atoms with Gasteiger partial charge < -0.3 is 20.1 Å². The van der Waals surface area contributed by atoms with Crippen LogP contribution in [0.15, 0.2) is 24.3 Å². The molecule has 2 aliphatic heterocycles. The first-order chi connectivity index (χ1) is 13.4. The molecule has 0 radical (unpaired) electrons. The Morgan fingerprint density at radius 2 is 2.11 bits per heavy atom. The van der Waals surface area contributed by atoms with Crippen LogP contribution in [0.2, 0.25) is 0 Å². The number of morpholine rings is 1. The molecule has 1 aromatic rings. The Morgan fingerprint density at radius 1 is 1.36 bits per heavy atom. The minimum absolute atomic E-state index is 0.214. The summed E-state index contributed by atoms with van der Waals surface area (Å²) in [5.74, 6) is 0.163. The summed E-state index contributed by atoms with van der Waals surface area (Å²) in [6, 6.07) is 6.47. The number of hydrogen-bond acceptors (Lipinski definition) is 6. The Balaban J connectivity index is 1.57. The van der Waals surface area contributed by atoms with Gasteiger partial charge in [-0.1, -0.05) is 12.1 Å². The van der Waals surface area contributed by atoms with Crippen LogP contribution in [-0.4, -0.2) is 73.5 Å². The van der Waals surface area contributed by atoms with Gasteiger partial charge in [-0.05, 0) is 36.8 Å². The number of rotatable bonds is 6. The zero-order valence-corrected chi connectivity index (χ0v) is 16.8. The first-order valence-electron chi connectivity index (χ1n) is 9.10. The highest BCUT2D eigenvalue weighted by molar-refractivity contribution is 7.80. The first-order valence-corrected chi connectivity index (χ1v) is 9.50. The third-order valence-electron chi connectivity index (χ3n) is 4.87. The van der Waals surface area contributed by atoms with Crippen molar-refractivity contribution >= 4 is 29.3 Å². The Morgan fingerprint density at radius 3 is 2.82 bits per heavy atom. The van der Waals surface area contributed by atoms with Gasteiger partial charge in [0, 0.05) is 26.2 Å². The summed E-state index contributed by atoms with van der Waals surface area (Å²) in [6.45, 7) is 6.28. The molecule has 0 unspecified atom stereocenters. The lowest BCUT2D eigenvalue weighted by Gasteiger charge is -2.27. The second-order valence-electron chi connectivity index (χ2n) is 6.75. The fourth-order valence-electron chi connectivity index (χ4n) is 3.16. The van der Waals surface area contributed by atoms with Crippen molar-refractivity contribution in [3.8, 4) is 5.75 Å². The number of carbonyl (C=O) groups is 2. The van der Waals surface area contributed by atoms with E-state index in [1.807, 2.05) is 0 Å². The van der Waals surface area contributed by atoms with Crippen LogP contribution in [0.25, 0.3) is 0 Å². The van der Waals surface area contributed by atoms with E-state index in [-0.39, 0.29) is 5.11 Å². The number of ether oxygens (including phenoxy) is 2. The number of imide groups is 1. The summed E-state index contributed by atoms with van der Waals surface area (Å²) in [7, 11) is 1.55. The molecule has 1 atom stereocenters. The van der Waals surface area contributed by atoms with E-state index in [0.717, 1.165) is 37.9 Å². The van der Waals surface area contributed by atoms with Gasteiger partial charge in [-0.2, -0.15) is 5.01 Å². The lowest BCUT2D eigenvalue weighted by atomic mass is 9.92. The van der Waals surface area contributed by atoms with E-state index in [2.05, 4.69) is 21.0 Å². The molecular weight excluding hydrogens is 382 g/mol. The van der Waals surface area contributed by atoms with Crippen LogP contribution in [0, 0.1) is 0 Å². The molecule has 3 N–H and O–H groups in total. The molecule has 2 aliphatic rings. The van der Waals surface area contributed by atoms with E-state index in [4.69, 9.17) is 21.7 Å². The predicted octanol–water partition coefficient (Wildman–Crippen LogP) is 0.174. The van der Waals surface area contributed by atoms with Gasteiger partial charge in [-0.25, -0.2) is 4.79 Å². The molecule has 0 bridgehead atoms. The molecule has 0 spiro atoms. The van der Waals surface area contributed by atoms with Crippen molar-refractivity contribution in [2.75, 3.05) is 46.5 Å². The Kier molecular flexibility index (Phi) is 6.32. The molecule has 9 nitrogen and oxygen atoms in total. The highest BCUT2D eigenvalue weighted by atomic mass is 32.1. The predicted molar refractivity (Wildman–Crippen MR) is 107 cm³/mol. The fraction of sp³-hybridized carbons (Fsp3) is 0.500. The minimum atomic E-state index is -1.21.